The second-order valence-corrected chi connectivity index (χ2v) is 1.10. The van der Waals surface area contributed by atoms with Crippen LogP contribution in [0.5, 0.6) is 0 Å². The van der Waals surface area contributed by atoms with Crippen LogP contribution in [0.25, 0.3) is 0 Å². The van der Waals surface area contributed by atoms with Crippen LogP contribution < -0.4 is 5.32 Å². The molecule has 0 saturated carbocycles. The van der Waals surface area contributed by atoms with Gasteiger partial charge in [0.2, 0.25) is 5.91 Å². The van der Waals surface area contributed by atoms with Gasteiger partial charge in [0.15, 0.2) is 0 Å². The lowest BCUT2D eigenvalue weighted by atomic mass is 10.6. The third-order valence-electron chi connectivity index (χ3n) is 0.536. The van der Waals surface area contributed by atoms with Gasteiger partial charge in [-0.05, 0) is 13.0 Å². The van der Waals surface area contributed by atoms with Gasteiger partial charge in [-0.15, -0.1) is 0 Å². The van der Waals surface area contributed by atoms with Crippen LogP contribution in [0.2, 0.25) is 0 Å². The molecule has 0 saturated heterocycles. The zero-order valence-corrected chi connectivity index (χ0v) is 8.40. The summed E-state index contributed by atoms with van der Waals surface area (Å²) in [6.45, 7) is 13.8. The zero-order valence-electron chi connectivity index (χ0n) is 8.40. The predicted molar refractivity (Wildman–Crippen MR) is 51.6 cm³/mol. The monoisotopic (exact) mass is 159 g/mol. The van der Waals surface area contributed by atoms with Crippen LogP contribution in [-0.4, -0.2) is 12.5 Å². The maximum absolute atomic E-state index is 10.2. The van der Waals surface area contributed by atoms with Crippen molar-refractivity contribution in [3.05, 3.63) is 12.7 Å². The number of hydrogen-bond acceptors (Lipinski definition) is 1. The van der Waals surface area contributed by atoms with Gasteiger partial charge in [-0.1, -0.05) is 34.3 Å². The molecule has 0 fully saturated rings. The summed E-state index contributed by atoms with van der Waals surface area (Å²) in [4.78, 5) is 10.2. The van der Waals surface area contributed by atoms with Crippen LogP contribution in [-0.2, 0) is 4.79 Å². The molecule has 0 heterocycles. The van der Waals surface area contributed by atoms with Crippen LogP contribution in [0.15, 0.2) is 12.7 Å². The minimum atomic E-state index is -0.109. The molecule has 0 aliphatic carbocycles. The quantitative estimate of drug-likeness (QED) is 0.616. The number of likely N-dealkylation sites (N-methyl/N-ethyl adjacent to an activating group) is 1. The largest absolute Gasteiger partial charge is 0.353 e. The van der Waals surface area contributed by atoms with Crippen LogP contribution in [0.3, 0.4) is 0 Å². The van der Waals surface area contributed by atoms with Gasteiger partial charge in [0.1, 0.15) is 0 Å². The molecular formula is C9H21NO. The Labute approximate surface area is 70.7 Å². The topological polar surface area (TPSA) is 29.1 Å². The summed E-state index contributed by atoms with van der Waals surface area (Å²) in [5.74, 6) is -0.109. The minimum absolute atomic E-state index is 0.109. The number of carbonyl (C=O) groups excluding carboxylic acids is 1. The lowest BCUT2D eigenvalue weighted by molar-refractivity contribution is -0.116. The van der Waals surface area contributed by atoms with E-state index in [4.69, 9.17) is 0 Å². The minimum Gasteiger partial charge on any atom is -0.353 e. The van der Waals surface area contributed by atoms with E-state index in [1.807, 2.05) is 34.6 Å². The zero-order chi connectivity index (χ0) is 9.70. The van der Waals surface area contributed by atoms with Gasteiger partial charge in [0, 0.05) is 6.54 Å². The van der Waals surface area contributed by atoms with Gasteiger partial charge in [-0.2, -0.15) is 0 Å². The van der Waals surface area contributed by atoms with Gasteiger partial charge in [-0.3, -0.25) is 4.79 Å². The molecule has 0 unspecified atom stereocenters. The fraction of sp³-hybridized carbons (Fsp3) is 0.667. The SMILES string of the molecule is C=CC(=O)NCC.CC.CC. The van der Waals surface area contributed by atoms with Crippen molar-refractivity contribution in [2.24, 2.45) is 0 Å². The van der Waals surface area contributed by atoms with Crippen LogP contribution in [0.1, 0.15) is 34.6 Å². The smallest absolute Gasteiger partial charge is 0.243 e. The van der Waals surface area contributed by atoms with Gasteiger partial charge in [0.05, 0.1) is 0 Å². The van der Waals surface area contributed by atoms with E-state index in [1.54, 1.807) is 0 Å². The Morgan fingerprint density at radius 1 is 1.36 bits per heavy atom. The molecule has 1 N–H and O–H groups in total. The highest BCUT2D eigenvalue weighted by molar-refractivity contribution is 5.86. The molecular weight excluding hydrogens is 138 g/mol. The highest BCUT2D eigenvalue weighted by Gasteiger charge is 1.83. The molecule has 0 aromatic carbocycles. The number of nitrogens with one attached hydrogen (secondary N) is 1. The van der Waals surface area contributed by atoms with E-state index in [0.717, 1.165) is 0 Å². The molecule has 0 aliphatic heterocycles. The first-order valence-corrected chi connectivity index (χ1v) is 4.21. The predicted octanol–water partition coefficient (Wildman–Crippen LogP) is 2.36. The third-order valence-corrected chi connectivity index (χ3v) is 0.536. The van der Waals surface area contributed by atoms with Crippen LogP contribution in [0, 0.1) is 0 Å². The summed E-state index contributed by atoms with van der Waals surface area (Å²) < 4.78 is 0. The summed E-state index contributed by atoms with van der Waals surface area (Å²) >= 11 is 0. The van der Waals surface area contributed by atoms with E-state index in [9.17, 15) is 4.79 Å². The van der Waals surface area contributed by atoms with Crippen molar-refractivity contribution in [1.82, 2.24) is 5.32 Å². The molecule has 0 radical (unpaired) electrons. The second-order valence-electron chi connectivity index (χ2n) is 1.10. The van der Waals surface area contributed by atoms with E-state index < -0.39 is 0 Å². The van der Waals surface area contributed by atoms with Crippen molar-refractivity contribution >= 4 is 5.91 Å². The molecule has 1 amide bonds. The lowest BCUT2D eigenvalue weighted by Gasteiger charge is -1.90. The summed E-state index contributed by atoms with van der Waals surface area (Å²) in [5.41, 5.74) is 0. The Kier molecular flexibility index (Phi) is 34.6. The van der Waals surface area contributed by atoms with Crippen molar-refractivity contribution in [2.75, 3.05) is 6.54 Å². The van der Waals surface area contributed by atoms with Crippen LogP contribution >= 0.6 is 0 Å². The first kappa shape index (κ1) is 16.7. The Hall–Kier alpha value is -0.790. The molecule has 0 atom stereocenters. The number of amides is 1. The van der Waals surface area contributed by atoms with E-state index >= 15 is 0 Å². The van der Waals surface area contributed by atoms with E-state index in [-0.39, 0.29) is 5.91 Å². The first-order valence-electron chi connectivity index (χ1n) is 4.21. The second kappa shape index (κ2) is 22.9. The molecule has 0 rings (SSSR count). The number of rotatable bonds is 2. The Morgan fingerprint density at radius 2 is 1.73 bits per heavy atom. The lowest BCUT2D eigenvalue weighted by Crippen LogP contribution is -2.19. The Bertz CT molecular complexity index is 79.6. The fourth-order valence-electron chi connectivity index (χ4n) is 0.246. The molecule has 11 heavy (non-hydrogen) atoms. The highest BCUT2D eigenvalue weighted by Crippen LogP contribution is 1.61. The van der Waals surface area contributed by atoms with E-state index in [1.165, 1.54) is 6.08 Å². The summed E-state index contributed by atoms with van der Waals surface area (Å²) in [6.07, 6.45) is 1.25. The molecule has 0 spiro atoms. The maximum atomic E-state index is 10.2. The Balaban J connectivity index is -0.000000138. The average molecular weight is 159 g/mol. The van der Waals surface area contributed by atoms with Crippen molar-refractivity contribution in [2.45, 2.75) is 34.6 Å². The third kappa shape index (κ3) is 27.0. The summed E-state index contributed by atoms with van der Waals surface area (Å²) in [5, 5.41) is 2.54. The molecule has 68 valence electrons. The molecule has 2 nitrogen and oxygen atoms in total. The summed E-state index contributed by atoms with van der Waals surface area (Å²) in [6, 6.07) is 0. The fourth-order valence-corrected chi connectivity index (χ4v) is 0.246. The van der Waals surface area contributed by atoms with Gasteiger partial charge >= 0.3 is 0 Å². The normalized spacial score (nSPS) is 5.91. The average Bonchev–Trinajstić information content (AvgIpc) is 2.12. The highest BCUT2D eigenvalue weighted by atomic mass is 16.1. The van der Waals surface area contributed by atoms with Crippen molar-refractivity contribution < 1.29 is 4.79 Å². The van der Waals surface area contributed by atoms with Gasteiger partial charge in [-0.25, -0.2) is 0 Å². The van der Waals surface area contributed by atoms with E-state index in [0.29, 0.717) is 6.54 Å². The van der Waals surface area contributed by atoms with Crippen molar-refractivity contribution in [3.8, 4) is 0 Å². The van der Waals surface area contributed by atoms with E-state index in [2.05, 4.69) is 11.9 Å². The molecule has 0 aliphatic rings. The molecule has 2 heteroatoms. The molecule has 0 aromatic rings. The van der Waals surface area contributed by atoms with Crippen molar-refractivity contribution in [3.63, 3.8) is 0 Å². The molecule has 0 bridgehead atoms. The number of hydrogen-bond donors (Lipinski definition) is 1. The maximum Gasteiger partial charge on any atom is 0.243 e. The first-order chi connectivity index (χ1) is 5.31. The van der Waals surface area contributed by atoms with Crippen molar-refractivity contribution in [1.29, 1.82) is 0 Å². The van der Waals surface area contributed by atoms with Crippen LogP contribution in [0.4, 0.5) is 0 Å². The van der Waals surface area contributed by atoms with Gasteiger partial charge in [0.25, 0.3) is 0 Å². The standard InChI is InChI=1S/C5H9NO.2C2H6/c1-3-5(7)6-4-2;2*1-2/h3H,1,4H2,2H3,(H,6,7);2*1-2H3. The summed E-state index contributed by atoms with van der Waals surface area (Å²) in [7, 11) is 0. The number of carbonyl (C=O) groups is 1. The van der Waals surface area contributed by atoms with Gasteiger partial charge < -0.3 is 5.32 Å². The molecule has 0 aromatic heterocycles. The Morgan fingerprint density at radius 3 is 1.82 bits per heavy atom.